The van der Waals surface area contributed by atoms with Gasteiger partial charge in [0.15, 0.2) is 0 Å². The SMILES string of the molecule is C[C@@H](N)c1cc2cnn(CC3(F)CC3)c2cn1. The summed E-state index contributed by atoms with van der Waals surface area (Å²) in [5.41, 5.74) is 6.44. The van der Waals surface area contributed by atoms with E-state index < -0.39 is 5.67 Å². The Kier molecular flexibility index (Phi) is 2.19. The molecule has 2 N–H and O–H groups in total. The zero-order valence-corrected chi connectivity index (χ0v) is 9.73. The molecule has 0 radical (unpaired) electrons. The molecule has 1 saturated carbocycles. The number of nitrogens with two attached hydrogens (primary N) is 1. The lowest BCUT2D eigenvalue weighted by molar-refractivity contribution is 0.264. The van der Waals surface area contributed by atoms with Gasteiger partial charge in [0.05, 0.1) is 30.1 Å². The fraction of sp³-hybridized carbons (Fsp3) is 0.500. The van der Waals surface area contributed by atoms with Crippen LogP contribution >= 0.6 is 0 Å². The normalized spacial score (nSPS) is 19.5. The van der Waals surface area contributed by atoms with Gasteiger partial charge >= 0.3 is 0 Å². The molecule has 2 aromatic heterocycles. The van der Waals surface area contributed by atoms with Crippen LogP contribution in [0.4, 0.5) is 4.39 Å². The number of pyridine rings is 1. The van der Waals surface area contributed by atoms with Crippen molar-refractivity contribution in [2.45, 2.75) is 38.0 Å². The molecule has 0 bridgehead atoms. The standard InChI is InChI=1S/C12H15FN4/c1-8(14)10-4-9-5-16-17(11(9)6-15-10)7-12(13)2-3-12/h4-6,8H,2-3,7,14H2,1H3/t8-/m1/s1. The first-order valence-electron chi connectivity index (χ1n) is 5.83. The summed E-state index contributed by atoms with van der Waals surface area (Å²) in [6, 6.07) is 1.82. The molecule has 0 spiro atoms. The van der Waals surface area contributed by atoms with Gasteiger partial charge in [-0.05, 0) is 25.8 Å². The predicted molar refractivity (Wildman–Crippen MR) is 63.2 cm³/mol. The number of hydrogen-bond donors (Lipinski definition) is 1. The summed E-state index contributed by atoms with van der Waals surface area (Å²) in [5.74, 6) is 0. The maximum absolute atomic E-state index is 13.7. The topological polar surface area (TPSA) is 56.7 Å². The van der Waals surface area contributed by atoms with Gasteiger partial charge in [0.1, 0.15) is 5.67 Å². The number of rotatable bonds is 3. The number of halogens is 1. The smallest absolute Gasteiger partial charge is 0.130 e. The molecule has 1 aliphatic rings. The number of fused-ring (bicyclic) bond motifs is 1. The van der Waals surface area contributed by atoms with Crippen molar-refractivity contribution in [3.8, 4) is 0 Å². The molecule has 17 heavy (non-hydrogen) atoms. The van der Waals surface area contributed by atoms with Crippen LogP contribution in [0.5, 0.6) is 0 Å². The third-order valence-corrected chi connectivity index (χ3v) is 3.24. The molecule has 0 aromatic carbocycles. The van der Waals surface area contributed by atoms with Gasteiger partial charge in [-0.15, -0.1) is 0 Å². The summed E-state index contributed by atoms with van der Waals surface area (Å²) in [6.07, 6.45) is 4.75. The summed E-state index contributed by atoms with van der Waals surface area (Å²) in [7, 11) is 0. The highest BCUT2D eigenvalue weighted by atomic mass is 19.1. The average molecular weight is 234 g/mol. The van der Waals surface area contributed by atoms with E-state index in [-0.39, 0.29) is 6.04 Å². The summed E-state index contributed by atoms with van der Waals surface area (Å²) in [6.45, 7) is 2.22. The summed E-state index contributed by atoms with van der Waals surface area (Å²) >= 11 is 0. The maximum Gasteiger partial charge on any atom is 0.130 e. The number of aromatic nitrogens is 3. The Morgan fingerprint density at radius 3 is 2.94 bits per heavy atom. The lowest BCUT2D eigenvalue weighted by Crippen LogP contribution is -2.13. The first kappa shape index (κ1) is 10.7. The van der Waals surface area contributed by atoms with Crippen molar-refractivity contribution in [2.24, 2.45) is 5.73 Å². The molecule has 1 fully saturated rings. The summed E-state index contributed by atoms with van der Waals surface area (Å²) in [4.78, 5) is 4.28. The summed E-state index contributed by atoms with van der Waals surface area (Å²) in [5, 5.41) is 5.19. The van der Waals surface area contributed by atoms with E-state index in [1.165, 1.54) is 0 Å². The van der Waals surface area contributed by atoms with Gasteiger partial charge in [-0.3, -0.25) is 9.67 Å². The fourth-order valence-electron chi connectivity index (χ4n) is 1.93. The number of alkyl halides is 1. The van der Waals surface area contributed by atoms with Crippen molar-refractivity contribution in [3.63, 3.8) is 0 Å². The minimum atomic E-state index is -1.04. The van der Waals surface area contributed by atoms with E-state index in [4.69, 9.17) is 5.73 Å². The van der Waals surface area contributed by atoms with E-state index in [1.54, 1.807) is 17.1 Å². The van der Waals surface area contributed by atoms with Crippen LogP contribution in [-0.4, -0.2) is 20.4 Å². The van der Waals surface area contributed by atoms with Crippen LogP contribution in [-0.2, 0) is 6.54 Å². The molecule has 2 aromatic rings. The minimum absolute atomic E-state index is 0.0984. The Bertz CT molecular complexity index is 557. The molecule has 90 valence electrons. The lowest BCUT2D eigenvalue weighted by Gasteiger charge is -2.07. The molecular formula is C12H15FN4. The predicted octanol–water partition coefficient (Wildman–Crippen LogP) is 1.95. The zero-order chi connectivity index (χ0) is 12.0. The number of nitrogens with zero attached hydrogens (tertiary/aromatic N) is 3. The molecule has 0 amide bonds. The van der Waals surface area contributed by atoms with E-state index in [1.807, 2.05) is 13.0 Å². The van der Waals surface area contributed by atoms with Crippen molar-refractivity contribution in [1.29, 1.82) is 0 Å². The van der Waals surface area contributed by atoms with Crippen molar-refractivity contribution in [3.05, 3.63) is 24.2 Å². The van der Waals surface area contributed by atoms with Crippen LogP contribution in [0.25, 0.3) is 10.9 Å². The third kappa shape index (κ3) is 1.91. The van der Waals surface area contributed by atoms with Crippen molar-refractivity contribution in [1.82, 2.24) is 14.8 Å². The zero-order valence-electron chi connectivity index (χ0n) is 9.73. The van der Waals surface area contributed by atoms with Gasteiger partial charge in [-0.25, -0.2) is 4.39 Å². The van der Waals surface area contributed by atoms with E-state index in [2.05, 4.69) is 10.1 Å². The average Bonchev–Trinajstić information content (AvgIpc) is 2.88. The molecule has 0 aliphatic heterocycles. The first-order valence-corrected chi connectivity index (χ1v) is 5.83. The van der Waals surface area contributed by atoms with Gasteiger partial charge < -0.3 is 5.73 Å². The van der Waals surface area contributed by atoms with Gasteiger partial charge in [-0.2, -0.15) is 5.10 Å². The van der Waals surface area contributed by atoms with Crippen molar-refractivity contribution >= 4 is 10.9 Å². The van der Waals surface area contributed by atoms with Crippen LogP contribution in [0, 0.1) is 0 Å². The quantitative estimate of drug-likeness (QED) is 0.883. The minimum Gasteiger partial charge on any atom is -0.323 e. The van der Waals surface area contributed by atoms with E-state index >= 15 is 0 Å². The molecule has 1 atom stereocenters. The van der Waals surface area contributed by atoms with Gasteiger partial charge in [0, 0.05) is 11.4 Å². The second kappa shape index (κ2) is 3.50. The molecule has 4 nitrogen and oxygen atoms in total. The Hall–Kier alpha value is -1.49. The van der Waals surface area contributed by atoms with Crippen LogP contribution in [0.15, 0.2) is 18.5 Å². The van der Waals surface area contributed by atoms with Crippen LogP contribution in [0.1, 0.15) is 31.5 Å². The van der Waals surface area contributed by atoms with Gasteiger partial charge in [0.2, 0.25) is 0 Å². The monoisotopic (exact) mass is 234 g/mol. The van der Waals surface area contributed by atoms with Gasteiger partial charge in [0.25, 0.3) is 0 Å². The van der Waals surface area contributed by atoms with Gasteiger partial charge in [-0.1, -0.05) is 0 Å². The van der Waals surface area contributed by atoms with Crippen molar-refractivity contribution < 1.29 is 4.39 Å². The highest BCUT2D eigenvalue weighted by molar-refractivity contribution is 5.78. The van der Waals surface area contributed by atoms with E-state index in [9.17, 15) is 4.39 Å². The third-order valence-electron chi connectivity index (χ3n) is 3.24. The molecule has 5 heteroatoms. The highest BCUT2D eigenvalue weighted by Crippen LogP contribution is 2.41. The van der Waals surface area contributed by atoms with E-state index in [0.29, 0.717) is 19.4 Å². The molecule has 0 unspecified atom stereocenters. The van der Waals surface area contributed by atoms with Crippen LogP contribution in [0.3, 0.4) is 0 Å². The Morgan fingerprint density at radius 2 is 2.29 bits per heavy atom. The largest absolute Gasteiger partial charge is 0.323 e. The molecule has 2 heterocycles. The van der Waals surface area contributed by atoms with Crippen LogP contribution in [0.2, 0.25) is 0 Å². The molecular weight excluding hydrogens is 219 g/mol. The summed E-state index contributed by atoms with van der Waals surface area (Å²) < 4.78 is 15.4. The second-order valence-corrected chi connectivity index (χ2v) is 4.91. The van der Waals surface area contributed by atoms with Crippen molar-refractivity contribution in [2.75, 3.05) is 0 Å². The maximum atomic E-state index is 13.7. The Morgan fingerprint density at radius 1 is 1.53 bits per heavy atom. The first-order chi connectivity index (χ1) is 8.07. The Labute approximate surface area is 98.6 Å². The van der Waals surface area contributed by atoms with Crippen LogP contribution < -0.4 is 5.73 Å². The number of hydrogen-bond acceptors (Lipinski definition) is 3. The highest BCUT2D eigenvalue weighted by Gasteiger charge is 2.44. The fourth-order valence-corrected chi connectivity index (χ4v) is 1.93. The van der Waals surface area contributed by atoms with E-state index in [0.717, 1.165) is 16.6 Å². The lowest BCUT2D eigenvalue weighted by atomic mass is 10.2. The molecule has 3 rings (SSSR count). The Balaban J connectivity index is 1.99. The second-order valence-electron chi connectivity index (χ2n) is 4.91. The molecule has 0 saturated heterocycles. The molecule has 1 aliphatic carbocycles.